The van der Waals surface area contributed by atoms with Gasteiger partial charge in [-0.2, -0.15) is 4.31 Å². The standard InChI is InChI=1S/C25H32N2O5S/c1-19(8-9-20-6-3-2-4-7-20)26-25(28)21-12-14-27(15-13-21)33(29,30)22-10-11-23-24(18-22)32-17-5-16-31-23/h2-4,6-7,10-11,18-19,21H,5,8-9,12-17H2,1H3,(H,26,28)/t19-/m0/s1. The first-order valence-corrected chi connectivity index (χ1v) is 13.1. The van der Waals surface area contributed by atoms with Gasteiger partial charge in [0.2, 0.25) is 15.9 Å². The lowest BCUT2D eigenvalue weighted by molar-refractivity contribution is -0.126. The number of carbonyl (C=O) groups excluding carboxylic acids is 1. The number of hydrogen-bond donors (Lipinski definition) is 1. The molecule has 8 heteroatoms. The van der Waals surface area contributed by atoms with Crippen LogP contribution in [0, 0.1) is 5.92 Å². The summed E-state index contributed by atoms with van der Waals surface area (Å²) >= 11 is 0. The molecule has 0 aromatic heterocycles. The predicted molar refractivity (Wildman–Crippen MR) is 126 cm³/mol. The van der Waals surface area contributed by atoms with Crippen molar-refractivity contribution in [3.8, 4) is 11.5 Å². The lowest BCUT2D eigenvalue weighted by Crippen LogP contribution is -2.44. The van der Waals surface area contributed by atoms with E-state index >= 15 is 0 Å². The van der Waals surface area contributed by atoms with Gasteiger partial charge in [-0.05, 0) is 50.3 Å². The van der Waals surface area contributed by atoms with Gasteiger partial charge >= 0.3 is 0 Å². The highest BCUT2D eigenvalue weighted by molar-refractivity contribution is 7.89. The summed E-state index contributed by atoms with van der Waals surface area (Å²) in [4.78, 5) is 12.9. The van der Waals surface area contributed by atoms with Crippen LogP contribution in [-0.2, 0) is 21.2 Å². The van der Waals surface area contributed by atoms with Gasteiger partial charge in [-0.3, -0.25) is 4.79 Å². The van der Waals surface area contributed by atoms with Gasteiger partial charge in [-0.25, -0.2) is 8.42 Å². The number of amides is 1. The Bertz CT molecular complexity index is 1050. The first-order valence-electron chi connectivity index (χ1n) is 11.7. The molecule has 0 saturated carbocycles. The maximum atomic E-state index is 13.2. The fourth-order valence-electron chi connectivity index (χ4n) is 4.27. The molecular formula is C25H32N2O5S. The van der Waals surface area contributed by atoms with Crippen molar-refractivity contribution in [2.45, 2.75) is 50.0 Å². The van der Waals surface area contributed by atoms with E-state index in [2.05, 4.69) is 17.4 Å². The third kappa shape index (κ3) is 5.86. The van der Waals surface area contributed by atoms with Crippen LogP contribution < -0.4 is 14.8 Å². The summed E-state index contributed by atoms with van der Waals surface area (Å²) in [5, 5.41) is 3.11. The average molecular weight is 473 g/mol. The van der Waals surface area contributed by atoms with Crippen LogP contribution in [0.2, 0.25) is 0 Å². The Morgan fingerprint density at radius 2 is 1.76 bits per heavy atom. The van der Waals surface area contributed by atoms with Crippen molar-refractivity contribution in [2.24, 2.45) is 5.92 Å². The summed E-state index contributed by atoms with van der Waals surface area (Å²) in [6.45, 7) is 3.73. The molecule has 1 fully saturated rings. The SMILES string of the molecule is C[C@@H](CCc1ccccc1)NC(=O)C1CCN(S(=O)(=O)c2ccc3c(c2)OCCCO3)CC1. The molecule has 2 aromatic rings. The van der Waals surface area contributed by atoms with Gasteiger partial charge in [0.25, 0.3) is 0 Å². The van der Waals surface area contributed by atoms with Crippen molar-refractivity contribution in [3.05, 3.63) is 54.1 Å². The molecule has 2 aromatic carbocycles. The predicted octanol–water partition coefficient (Wildman–Crippen LogP) is 3.39. The zero-order valence-corrected chi connectivity index (χ0v) is 19.9. The third-order valence-corrected chi connectivity index (χ3v) is 8.17. The second-order valence-electron chi connectivity index (χ2n) is 8.77. The van der Waals surface area contributed by atoms with Crippen molar-refractivity contribution >= 4 is 15.9 Å². The van der Waals surface area contributed by atoms with E-state index < -0.39 is 10.0 Å². The number of nitrogens with zero attached hydrogens (tertiary/aromatic N) is 1. The molecule has 7 nitrogen and oxygen atoms in total. The summed E-state index contributed by atoms with van der Waals surface area (Å²) < 4.78 is 39.0. The summed E-state index contributed by atoms with van der Waals surface area (Å²) in [6.07, 6.45) is 3.57. The van der Waals surface area contributed by atoms with Crippen LogP contribution in [0.25, 0.3) is 0 Å². The molecule has 1 atom stereocenters. The van der Waals surface area contributed by atoms with E-state index in [4.69, 9.17) is 9.47 Å². The maximum absolute atomic E-state index is 13.2. The maximum Gasteiger partial charge on any atom is 0.243 e. The molecule has 0 spiro atoms. The van der Waals surface area contributed by atoms with Gasteiger partial charge in [-0.15, -0.1) is 0 Å². The van der Waals surface area contributed by atoms with Crippen molar-refractivity contribution in [1.82, 2.24) is 9.62 Å². The van der Waals surface area contributed by atoms with Crippen molar-refractivity contribution in [1.29, 1.82) is 0 Å². The van der Waals surface area contributed by atoms with Gasteiger partial charge < -0.3 is 14.8 Å². The quantitative estimate of drug-likeness (QED) is 0.668. The van der Waals surface area contributed by atoms with Crippen LogP contribution >= 0.6 is 0 Å². The summed E-state index contributed by atoms with van der Waals surface area (Å²) in [6, 6.07) is 15.1. The largest absolute Gasteiger partial charge is 0.490 e. The Morgan fingerprint density at radius 3 is 2.48 bits per heavy atom. The van der Waals surface area contributed by atoms with Crippen molar-refractivity contribution in [2.75, 3.05) is 26.3 Å². The van der Waals surface area contributed by atoms with Gasteiger partial charge in [-0.1, -0.05) is 30.3 Å². The highest BCUT2D eigenvalue weighted by atomic mass is 32.2. The van der Waals surface area contributed by atoms with Crippen LogP contribution in [0.5, 0.6) is 11.5 Å². The summed E-state index contributed by atoms with van der Waals surface area (Å²) in [5.41, 5.74) is 1.26. The number of hydrogen-bond acceptors (Lipinski definition) is 5. The Labute approximate surface area is 196 Å². The number of piperidine rings is 1. The normalized spacial score (nSPS) is 18.3. The van der Waals surface area contributed by atoms with Crippen LogP contribution in [0.3, 0.4) is 0 Å². The number of benzene rings is 2. The second kappa shape index (κ2) is 10.6. The smallest absolute Gasteiger partial charge is 0.243 e. The van der Waals surface area contributed by atoms with Gasteiger partial charge in [0.05, 0.1) is 18.1 Å². The number of aryl methyl sites for hydroxylation is 1. The highest BCUT2D eigenvalue weighted by Gasteiger charge is 2.33. The fourth-order valence-corrected chi connectivity index (χ4v) is 5.76. The first-order chi connectivity index (χ1) is 15.9. The Kier molecular flexibility index (Phi) is 7.55. The number of fused-ring (bicyclic) bond motifs is 1. The lowest BCUT2D eigenvalue weighted by atomic mass is 9.96. The minimum Gasteiger partial charge on any atom is -0.490 e. The van der Waals surface area contributed by atoms with Crippen LogP contribution in [0.4, 0.5) is 0 Å². The Morgan fingerprint density at radius 1 is 1.06 bits per heavy atom. The molecule has 0 bridgehead atoms. The van der Waals surface area contributed by atoms with Gasteiger partial charge in [0.1, 0.15) is 0 Å². The second-order valence-corrected chi connectivity index (χ2v) is 10.7. The number of sulfonamides is 1. The van der Waals surface area contributed by atoms with Gasteiger partial charge in [0.15, 0.2) is 11.5 Å². The Hall–Kier alpha value is -2.58. The molecule has 2 aliphatic rings. The number of rotatable bonds is 7. The minimum absolute atomic E-state index is 0.0168. The summed E-state index contributed by atoms with van der Waals surface area (Å²) in [7, 11) is -3.65. The summed E-state index contributed by atoms with van der Waals surface area (Å²) in [5.74, 6) is 0.887. The number of carbonyl (C=O) groups is 1. The molecule has 0 aliphatic carbocycles. The molecule has 33 heavy (non-hydrogen) atoms. The fraction of sp³-hybridized carbons (Fsp3) is 0.480. The highest BCUT2D eigenvalue weighted by Crippen LogP contribution is 2.33. The molecule has 1 N–H and O–H groups in total. The third-order valence-electron chi connectivity index (χ3n) is 6.28. The number of ether oxygens (including phenoxy) is 2. The molecule has 1 amide bonds. The van der Waals surface area contributed by atoms with E-state index in [0.717, 1.165) is 19.3 Å². The monoisotopic (exact) mass is 472 g/mol. The first kappa shape index (κ1) is 23.6. The van der Waals surface area contributed by atoms with Crippen molar-refractivity contribution < 1.29 is 22.7 Å². The molecule has 0 radical (unpaired) electrons. The lowest BCUT2D eigenvalue weighted by Gasteiger charge is -2.31. The zero-order valence-electron chi connectivity index (χ0n) is 19.0. The van der Waals surface area contributed by atoms with E-state index in [9.17, 15) is 13.2 Å². The molecule has 2 heterocycles. The van der Waals surface area contributed by atoms with Crippen LogP contribution in [0.15, 0.2) is 53.4 Å². The molecule has 1 saturated heterocycles. The molecule has 2 aliphatic heterocycles. The van der Waals surface area contributed by atoms with E-state index in [1.165, 1.54) is 9.87 Å². The topological polar surface area (TPSA) is 84.9 Å². The van der Waals surface area contributed by atoms with Crippen LogP contribution in [0.1, 0.15) is 38.2 Å². The van der Waals surface area contributed by atoms with Gasteiger partial charge in [0, 0.05) is 37.5 Å². The van der Waals surface area contributed by atoms with Crippen LogP contribution in [-0.4, -0.2) is 51.0 Å². The number of nitrogens with one attached hydrogen (secondary N) is 1. The zero-order chi connectivity index (χ0) is 23.3. The molecule has 178 valence electrons. The minimum atomic E-state index is -3.65. The van der Waals surface area contributed by atoms with Crippen molar-refractivity contribution in [3.63, 3.8) is 0 Å². The molecule has 0 unspecified atom stereocenters. The molecular weight excluding hydrogens is 440 g/mol. The average Bonchev–Trinajstić information content (AvgIpc) is 3.08. The van der Waals surface area contributed by atoms with E-state index in [1.807, 2.05) is 25.1 Å². The Balaban J connectivity index is 1.29. The van der Waals surface area contributed by atoms with E-state index in [0.29, 0.717) is 50.6 Å². The van der Waals surface area contributed by atoms with E-state index in [-0.39, 0.29) is 22.8 Å². The molecule has 4 rings (SSSR count). The van der Waals surface area contributed by atoms with E-state index in [1.54, 1.807) is 18.2 Å².